The Morgan fingerprint density at radius 2 is 1.96 bits per heavy atom. The molecule has 2 heterocycles. The Balaban J connectivity index is 2.09. The number of hydrogen-bond acceptors (Lipinski definition) is 2. The highest BCUT2D eigenvalue weighted by Gasteiger charge is 2.56. The number of hydrogen-bond donors (Lipinski definition) is 2. The predicted octanol–water partition coefficient (Wildman–Crippen LogP) is 4.00. The van der Waals surface area contributed by atoms with Crippen molar-refractivity contribution < 1.29 is 23.5 Å². The zero-order chi connectivity index (χ0) is 19.1. The van der Waals surface area contributed by atoms with Gasteiger partial charge in [-0.1, -0.05) is 26.0 Å². The second kappa shape index (κ2) is 7.06. The van der Waals surface area contributed by atoms with Crippen molar-refractivity contribution >= 4 is 13.5 Å². The van der Waals surface area contributed by atoms with Gasteiger partial charge in [-0.25, -0.2) is 4.39 Å². The van der Waals surface area contributed by atoms with Crippen molar-refractivity contribution in [2.45, 2.75) is 70.1 Å². The number of carbonyl (C=O) groups excluding carboxylic acids is 1. The molecule has 2 saturated heterocycles. The SMILES string of the molecule is CCC1(CC)CC(P(=O)(O)O)C(=O)N2[C@H](c3cccc(F)c3)CCC[C@@H]21. The fraction of sp³-hybridized carbons (Fsp3) is 0.632. The summed E-state index contributed by atoms with van der Waals surface area (Å²) in [5.74, 6) is -0.840. The monoisotopic (exact) mass is 383 g/mol. The van der Waals surface area contributed by atoms with Gasteiger partial charge in [-0.05, 0) is 61.6 Å². The van der Waals surface area contributed by atoms with Crippen molar-refractivity contribution in [1.29, 1.82) is 0 Å². The summed E-state index contributed by atoms with van der Waals surface area (Å²) in [4.78, 5) is 34.5. The van der Waals surface area contributed by atoms with E-state index >= 15 is 0 Å². The van der Waals surface area contributed by atoms with Gasteiger partial charge >= 0.3 is 7.60 Å². The molecular formula is C19H27FNO4P. The lowest BCUT2D eigenvalue weighted by molar-refractivity contribution is -0.152. The summed E-state index contributed by atoms with van der Waals surface area (Å²) >= 11 is 0. The van der Waals surface area contributed by atoms with Gasteiger partial charge in [0.05, 0.1) is 6.04 Å². The van der Waals surface area contributed by atoms with Crippen LogP contribution in [-0.2, 0) is 9.36 Å². The predicted molar refractivity (Wildman–Crippen MR) is 97.1 cm³/mol. The molecule has 26 heavy (non-hydrogen) atoms. The van der Waals surface area contributed by atoms with E-state index in [0.29, 0.717) is 12.0 Å². The topological polar surface area (TPSA) is 77.8 Å². The molecule has 2 fully saturated rings. The molecule has 2 aliphatic rings. The van der Waals surface area contributed by atoms with Gasteiger partial charge in [0.1, 0.15) is 11.5 Å². The fourth-order valence-corrected chi connectivity index (χ4v) is 6.03. The number of carbonyl (C=O) groups is 1. The first-order valence-electron chi connectivity index (χ1n) is 9.36. The number of piperidine rings is 2. The van der Waals surface area contributed by atoms with Crippen LogP contribution in [0.2, 0.25) is 0 Å². The van der Waals surface area contributed by atoms with Gasteiger partial charge in [0.2, 0.25) is 5.91 Å². The Hall–Kier alpha value is -1.23. The maximum absolute atomic E-state index is 13.8. The van der Waals surface area contributed by atoms with Gasteiger partial charge in [-0.3, -0.25) is 9.36 Å². The molecule has 0 radical (unpaired) electrons. The largest absolute Gasteiger partial charge is 0.337 e. The molecule has 144 valence electrons. The Morgan fingerprint density at radius 3 is 2.54 bits per heavy atom. The van der Waals surface area contributed by atoms with Gasteiger partial charge in [0, 0.05) is 6.04 Å². The molecular weight excluding hydrogens is 356 g/mol. The van der Waals surface area contributed by atoms with Crippen molar-refractivity contribution in [2.24, 2.45) is 5.41 Å². The van der Waals surface area contributed by atoms with Gasteiger partial charge in [0.15, 0.2) is 0 Å². The maximum Gasteiger partial charge on any atom is 0.337 e. The highest BCUT2D eigenvalue weighted by atomic mass is 31.2. The molecule has 7 heteroatoms. The molecule has 1 unspecified atom stereocenters. The number of halogens is 1. The molecule has 0 saturated carbocycles. The first-order chi connectivity index (χ1) is 12.2. The smallest absolute Gasteiger partial charge is 0.331 e. The summed E-state index contributed by atoms with van der Waals surface area (Å²) in [5.41, 5.74) is -0.908. The van der Waals surface area contributed by atoms with Crippen LogP contribution in [0.15, 0.2) is 24.3 Å². The number of rotatable bonds is 4. The average Bonchev–Trinajstić information content (AvgIpc) is 2.61. The van der Waals surface area contributed by atoms with Gasteiger partial charge < -0.3 is 14.7 Å². The van der Waals surface area contributed by atoms with Crippen LogP contribution in [0.25, 0.3) is 0 Å². The zero-order valence-electron chi connectivity index (χ0n) is 15.3. The molecule has 0 bridgehead atoms. The quantitative estimate of drug-likeness (QED) is 0.771. The first-order valence-corrected chi connectivity index (χ1v) is 11.0. The lowest BCUT2D eigenvalue weighted by Gasteiger charge is -2.56. The Kier molecular flexibility index (Phi) is 5.31. The van der Waals surface area contributed by atoms with Gasteiger partial charge in [-0.15, -0.1) is 0 Å². The Bertz CT molecular complexity index is 730. The third-order valence-electron chi connectivity index (χ3n) is 6.52. The summed E-state index contributed by atoms with van der Waals surface area (Å²) in [6.45, 7) is 4.06. The van der Waals surface area contributed by atoms with Crippen molar-refractivity contribution in [3.63, 3.8) is 0 Å². The van der Waals surface area contributed by atoms with E-state index in [2.05, 4.69) is 0 Å². The van der Waals surface area contributed by atoms with Crippen LogP contribution >= 0.6 is 7.60 Å². The third-order valence-corrected chi connectivity index (χ3v) is 7.74. The van der Waals surface area contributed by atoms with Crippen LogP contribution in [0, 0.1) is 11.2 Å². The zero-order valence-corrected chi connectivity index (χ0v) is 16.2. The van der Waals surface area contributed by atoms with Crippen molar-refractivity contribution in [3.8, 4) is 0 Å². The minimum absolute atomic E-state index is 0.0604. The van der Waals surface area contributed by atoms with Crippen molar-refractivity contribution in [2.75, 3.05) is 0 Å². The minimum atomic E-state index is -4.56. The molecule has 0 spiro atoms. The van der Waals surface area contributed by atoms with Crippen molar-refractivity contribution in [3.05, 3.63) is 35.6 Å². The molecule has 5 nitrogen and oxygen atoms in total. The van der Waals surface area contributed by atoms with E-state index in [-0.39, 0.29) is 29.7 Å². The Labute approximate surface area is 153 Å². The third kappa shape index (κ3) is 3.23. The van der Waals surface area contributed by atoms with E-state index < -0.39 is 19.2 Å². The van der Waals surface area contributed by atoms with Crippen LogP contribution in [-0.4, -0.2) is 32.3 Å². The van der Waals surface area contributed by atoms with Crippen LogP contribution < -0.4 is 0 Å². The molecule has 0 aromatic heterocycles. The molecule has 2 aliphatic heterocycles. The molecule has 1 amide bonds. The molecule has 3 rings (SSSR count). The van der Waals surface area contributed by atoms with E-state index in [9.17, 15) is 23.5 Å². The standard InChI is InChI=1S/C19H27FNO4P/c1-3-19(4-2)12-16(26(23,24)25)18(22)21-15(9-6-10-17(19)21)13-7-5-8-14(20)11-13/h5,7-8,11,15-17H,3-4,6,9-10,12H2,1-2H3,(H2,23,24,25)/t15-,16?,17+/m0/s1. The van der Waals surface area contributed by atoms with Crippen LogP contribution in [0.4, 0.5) is 4.39 Å². The average molecular weight is 383 g/mol. The summed E-state index contributed by atoms with van der Waals surface area (Å²) in [7, 11) is -4.56. The van der Waals surface area contributed by atoms with Crippen LogP contribution in [0.5, 0.6) is 0 Å². The second-order valence-corrected chi connectivity index (χ2v) is 9.44. The highest BCUT2D eigenvalue weighted by Crippen LogP contribution is 2.57. The fourth-order valence-electron chi connectivity index (χ4n) is 5.00. The van der Waals surface area contributed by atoms with Crippen molar-refractivity contribution in [1.82, 2.24) is 4.90 Å². The highest BCUT2D eigenvalue weighted by molar-refractivity contribution is 7.53. The van der Waals surface area contributed by atoms with Crippen LogP contribution in [0.3, 0.4) is 0 Å². The summed E-state index contributed by atoms with van der Waals surface area (Å²) < 4.78 is 25.8. The van der Waals surface area contributed by atoms with E-state index in [1.807, 2.05) is 13.8 Å². The second-order valence-electron chi connectivity index (χ2n) is 7.64. The molecule has 2 N–H and O–H groups in total. The number of fused-ring (bicyclic) bond motifs is 1. The van der Waals surface area contributed by atoms with E-state index in [1.54, 1.807) is 17.0 Å². The summed E-state index contributed by atoms with van der Waals surface area (Å²) in [6, 6.07) is 5.82. The maximum atomic E-state index is 13.8. The van der Waals surface area contributed by atoms with E-state index in [1.165, 1.54) is 12.1 Å². The molecule has 0 aliphatic carbocycles. The van der Waals surface area contributed by atoms with Crippen LogP contribution in [0.1, 0.15) is 64.0 Å². The normalized spacial score (nSPS) is 28.7. The number of benzene rings is 1. The molecule has 1 aromatic carbocycles. The lowest BCUT2D eigenvalue weighted by atomic mass is 9.65. The van der Waals surface area contributed by atoms with E-state index in [4.69, 9.17) is 0 Å². The molecule has 3 atom stereocenters. The van der Waals surface area contributed by atoms with E-state index in [0.717, 1.165) is 25.7 Å². The lowest BCUT2D eigenvalue weighted by Crippen LogP contribution is -2.61. The summed E-state index contributed by atoms with van der Waals surface area (Å²) in [5, 5.41) is 0. The Morgan fingerprint density at radius 1 is 1.27 bits per heavy atom. The minimum Gasteiger partial charge on any atom is -0.331 e. The number of amides is 1. The van der Waals surface area contributed by atoms with Gasteiger partial charge in [0.25, 0.3) is 0 Å². The molecule has 1 aromatic rings. The summed E-state index contributed by atoms with van der Waals surface area (Å²) in [6.07, 6.45) is 4.16. The number of nitrogens with zero attached hydrogens (tertiary/aromatic N) is 1. The first kappa shape index (κ1) is 19.5. The van der Waals surface area contributed by atoms with Gasteiger partial charge in [-0.2, -0.15) is 0 Å².